The van der Waals surface area contributed by atoms with Crippen molar-refractivity contribution in [1.29, 1.82) is 0 Å². The Morgan fingerprint density at radius 2 is 2.00 bits per heavy atom. The zero-order valence-electron chi connectivity index (χ0n) is 18.7. The molecule has 1 aliphatic heterocycles. The number of carbonyl (C=O) groups is 2. The van der Waals surface area contributed by atoms with Gasteiger partial charge in [-0.15, -0.1) is 0 Å². The average molecular weight is 440 g/mol. The lowest BCUT2D eigenvalue weighted by molar-refractivity contribution is -0.260. The van der Waals surface area contributed by atoms with Crippen LogP contribution in [0.2, 0.25) is 0 Å². The SMILES string of the molecule is CC1OC(OCCCC=O)C(O)CC1O.CCCC(=O)NCC(OC)c1ccccc1. The van der Waals surface area contributed by atoms with Crippen molar-refractivity contribution in [3.8, 4) is 0 Å². The molecule has 0 aliphatic carbocycles. The first kappa shape index (κ1) is 27.2. The summed E-state index contributed by atoms with van der Waals surface area (Å²) >= 11 is 0. The number of hydrogen-bond acceptors (Lipinski definition) is 7. The van der Waals surface area contributed by atoms with E-state index in [0.717, 1.165) is 18.3 Å². The second kappa shape index (κ2) is 15.9. The third-order valence-corrected chi connectivity index (χ3v) is 4.85. The predicted octanol–water partition coefficient (Wildman–Crippen LogP) is 2.13. The van der Waals surface area contributed by atoms with Crippen molar-refractivity contribution in [1.82, 2.24) is 5.32 Å². The first-order chi connectivity index (χ1) is 14.9. The van der Waals surface area contributed by atoms with Crippen LogP contribution < -0.4 is 5.32 Å². The number of aldehydes is 1. The maximum atomic E-state index is 11.3. The lowest BCUT2D eigenvalue weighted by Crippen LogP contribution is -2.47. The summed E-state index contributed by atoms with van der Waals surface area (Å²) in [6.45, 7) is 4.63. The molecule has 1 fully saturated rings. The largest absolute Gasteiger partial charge is 0.390 e. The van der Waals surface area contributed by atoms with Gasteiger partial charge in [-0.3, -0.25) is 4.79 Å². The van der Waals surface area contributed by atoms with Crippen LogP contribution in [0.25, 0.3) is 0 Å². The minimum Gasteiger partial charge on any atom is -0.390 e. The molecule has 1 heterocycles. The molecule has 8 nitrogen and oxygen atoms in total. The number of nitrogens with one attached hydrogen (secondary N) is 1. The van der Waals surface area contributed by atoms with Crippen molar-refractivity contribution < 1.29 is 34.0 Å². The van der Waals surface area contributed by atoms with Gasteiger partial charge in [-0.1, -0.05) is 37.3 Å². The van der Waals surface area contributed by atoms with Crippen molar-refractivity contribution in [2.45, 2.75) is 76.7 Å². The van der Waals surface area contributed by atoms with Gasteiger partial charge in [0.25, 0.3) is 0 Å². The highest BCUT2D eigenvalue weighted by Crippen LogP contribution is 2.21. The van der Waals surface area contributed by atoms with Crippen LogP contribution in [0, 0.1) is 0 Å². The van der Waals surface area contributed by atoms with E-state index >= 15 is 0 Å². The van der Waals surface area contributed by atoms with Crippen molar-refractivity contribution in [3.63, 3.8) is 0 Å². The van der Waals surface area contributed by atoms with E-state index in [9.17, 15) is 19.8 Å². The third-order valence-electron chi connectivity index (χ3n) is 4.85. The Kier molecular flexibility index (Phi) is 13.9. The molecule has 5 atom stereocenters. The Morgan fingerprint density at radius 3 is 2.61 bits per heavy atom. The summed E-state index contributed by atoms with van der Waals surface area (Å²) in [6, 6.07) is 9.90. The normalized spacial score (nSPS) is 23.9. The van der Waals surface area contributed by atoms with E-state index in [1.54, 1.807) is 14.0 Å². The van der Waals surface area contributed by atoms with E-state index in [0.29, 0.717) is 32.4 Å². The predicted molar refractivity (Wildman–Crippen MR) is 116 cm³/mol. The standard InChI is InChI=1S/C13H19NO2.C10H18O5/c1-3-7-13(15)14-10-12(16-2)11-8-5-4-6-9-11;1-7-8(12)6-9(13)10(15-7)14-5-3-2-4-11/h4-6,8-9,12H,3,7,10H2,1-2H3,(H,14,15);4,7-10,12-13H,2-3,5-6H2,1H3. The lowest BCUT2D eigenvalue weighted by atomic mass is 10.0. The monoisotopic (exact) mass is 439 g/mol. The van der Waals surface area contributed by atoms with Crippen molar-refractivity contribution in [3.05, 3.63) is 35.9 Å². The third kappa shape index (κ3) is 10.8. The first-order valence-corrected chi connectivity index (χ1v) is 10.8. The fourth-order valence-corrected chi connectivity index (χ4v) is 2.99. The maximum absolute atomic E-state index is 11.3. The van der Waals surface area contributed by atoms with Crippen LogP contribution in [-0.4, -0.2) is 67.3 Å². The van der Waals surface area contributed by atoms with Gasteiger partial charge in [0, 0.05) is 32.9 Å². The van der Waals surface area contributed by atoms with E-state index in [4.69, 9.17) is 14.2 Å². The number of benzene rings is 1. The van der Waals surface area contributed by atoms with Crippen molar-refractivity contribution in [2.24, 2.45) is 0 Å². The average Bonchev–Trinajstić information content (AvgIpc) is 2.76. The van der Waals surface area contributed by atoms with Gasteiger partial charge in [-0.05, 0) is 25.3 Å². The molecule has 0 radical (unpaired) electrons. The molecule has 1 aliphatic rings. The first-order valence-electron chi connectivity index (χ1n) is 10.8. The van der Waals surface area contributed by atoms with Crippen molar-refractivity contribution >= 4 is 12.2 Å². The maximum Gasteiger partial charge on any atom is 0.220 e. The van der Waals surface area contributed by atoms with Gasteiger partial charge in [0.15, 0.2) is 6.29 Å². The highest BCUT2D eigenvalue weighted by atomic mass is 16.7. The summed E-state index contributed by atoms with van der Waals surface area (Å²) in [7, 11) is 1.66. The zero-order valence-corrected chi connectivity index (χ0v) is 18.7. The Hall–Kier alpha value is -1.84. The van der Waals surface area contributed by atoms with Gasteiger partial charge in [0.2, 0.25) is 5.91 Å². The van der Waals surface area contributed by atoms with E-state index in [1.165, 1.54) is 0 Å². The molecule has 0 aromatic heterocycles. The Balaban J connectivity index is 0.000000311. The number of hydrogen-bond donors (Lipinski definition) is 3. The van der Waals surface area contributed by atoms with Crippen LogP contribution >= 0.6 is 0 Å². The summed E-state index contributed by atoms with van der Waals surface area (Å²) in [6.07, 6.45) is 1.07. The van der Waals surface area contributed by atoms with Crippen LogP contribution in [0.15, 0.2) is 30.3 Å². The molecule has 176 valence electrons. The molecule has 1 aromatic carbocycles. The fraction of sp³-hybridized carbons (Fsp3) is 0.652. The number of aliphatic hydroxyl groups is 2. The van der Waals surface area contributed by atoms with Gasteiger partial charge < -0.3 is 34.5 Å². The Morgan fingerprint density at radius 1 is 1.29 bits per heavy atom. The molecule has 8 heteroatoms. The van der Waals surface area contributed by atoms with Crippen LogP contribution in [-0.2, 0) is 23.8 Å². The number of rotatable bonds is 11. The summed E-state index contributed by atoms with van der Waals surface area (Å²) in [4.78, 5) is 21.4. The van der Waals surface area contributed by atoms with Crippen LogP contribution in [0.4, 0.5) is 0 Å². The van der Waals surface area contributed by atoms with Crippen LogP contribution in [0.5, 0.6) is 0 Å². The number of amides is 1. The van der Waals surface area contributed by atoms with Crippen LogP contribution in [0.1, 0.15) is 57.6 Å². The Labute approximate surface area is 184 Å². The summed E-state index contributed by atoms with van der Waals surface area (Å²) in [5.74, 6) is 0.0838. The molecule has 5 unspecified atom stereocenters. The second-order valence-corrected chi connectivity index (χ2v) is 7.45. The number of ether oxygens (including phenoxy) is 3. The van der Waals surface area contributed by atoms with E-state index in [1.807, 2.05) is 37.3 Å². The highest BCUT2D eigenvalue weighted by molar-refractivity contribution is 5.75. The molecule has 1 aromatic rings. The number of unbranched alkanes of at least 4 members (excludes halogenated alkanes) is 1. The summed E-state index contributed by atoms with van der Waals surface area (Å²) in [5, 5.41) is 21.8. The summed E-state index contributed by atoms with van der Waals surface area (Å²) in [5.41, 5.74) is 1.08. The van der Waals surface area contributed by atoms with E-state index < -0.39 is 18.5 Å². The fourth-order valence-electron chi connectivity index (χ4n) is 2.99. The molecular formula is C23H37NO7. The quantitative estimate of drug-likeness (QED) is 0.357. The molecule has 0 saturated carbocycles. The van der Waals surface area contributed by atoms with Gasteiger partial charge in [-0.2, -0.15) is 0 Å². The van der Waals surface area contributed by atoms with Crippen LogP contribution in [0.3, 0.4) is 0 Å². The Bertz CT molecular complexity index is 613. The number of aliphatic hydroxyl groups excluding tert-OH is 2. The molecular weight excluding hydrogens is 402 g/mol. The van der Waals surface area contributed by atoms with Gasteiger partial charge >= 0.3 is 0 Å². The molecule has 2 rings (SSSR count). The molecule has 0 spiro atoms. The lowest BCUT2D eigenvalue weighted by Gasteiger charge is -2.35. The zero-order chi connectivity index (χ0) is 23.1. The molecule has 1 saturated heterocycles. The molecule has 0 bridgehead atoms. The molecule has 1 amide bonds. The molecule has 31 heavy (non-hydrogen) atoms. The topological polar surface area (TPSA) is 114 Å². The van der Waals surface area contributed by atoms with E-state index in [2.05, 4.69) is 5.32 Å². The van der Waals surface area contributed by atoms with E-state index in [-0.39, 0.29) is 24.5 Å². The number of methoxy groups -OCH3 is 1. The smallest absolute Gasteiger partial charge is 0.220 e. The van der Waals surface area contributed by atoms with Crippen molar-refractivity contribution in [2.75, 3.05) is 20.3 Å². The minimum atomic E-state index is -0.799. The van der Waals surface area contributed by atoms with Gasteiger partial charge in [-0.25, -0.2) is 0 Å². The minimum absolute atomic E-state index is 0.0676. The highest BCUT2D eigenvalue weighted by Gasteiger charge is 2.34. The molecule has 3 N–H and O–H groups in total. The van der Waals surface area contributed by atoms with Gasteiger partial charge in [0.1, 0.15) is 12.4 Å². The van der Waals surface area contributed by atoms with Gasteiger partial charge in [0.05, 0.1) is 24.9 Å². The second-order valence-electron chi connectivity index (χ2n) is 7.45. The summed E-state index contributed by atoms with van der Waals surface area (Å²) < 4.78 is 15.9. The number of carbonyl (C=O) groups excluding carboxylic acids is 2.